The number of carbonyl (C=O) groups is 2. The summed E-state index contributed by atoms with van der Waals surface area (Å²) in [7, 11) is 0. The number of hydrogen-bond acceptors (Lipinski definition) is 3. The number of rotatable bonds is 6. The molecular formula is C27H34NO3+2. The van der Waals surface area contributed by atoms with Gasteiger partial charge >= 0.3 is 11.8 Å². The van der Waals surface area contributed by atoms with Crippen molar-refractivity contribution in [3.63, 3.8) is 0 Å². The average molecular weight is 421 g/mol. The van der Waals surface area contributed by atoms with Gasteiger partial charge < -0.3 is 0 Å². The minimum Gasteiger partial charge on any atom is -0.274 e. The van der Waals surface area contributed by atoms with Gasteiger partial charge in [0.05, 0.1) is 16.5 Å². The zero-order chi connectivity index (χ0) is 21.8. The van der Waals surface area contributed by atoms with Crippen molar-refractivity contribution in [1.29, 1.82) is 0 Å². The molecule has 1 radical (unpaired) electrons. The van der Waals surface area contributed by atoms with E-state index in [4.69, 9.17) is 4.84 Å². The summed E-state index contributed by atoms with van der Waals surface area (Å²) in [5.41, 5.74) is 3.56. The van der Waals surface area contributed by atoms with E-state index >= 15 is 0 Å². The number of hydrogen-bond donors (Lipinski definition) is 1. The van der Waals surface area contributed by atoms with Crippen molar-refractivity contribution in [2.24, 2.45) is 17.3 Å². The highest BCUT2D eigenvalue weighted by atomic mass is 16.7. The fourth-order valence-electron chi connectivity index (χ4n) is 5.50. The van der Waals surface area contributed by atoms with E-state index in [1.807, 2.05) is 37.3 Å². The highest BCUT2D eigenvalue weighted by Crippen LogP contribution is 2.49. The predicted octanol–water partition coefficient (Wildman–Crippen LogP) is 5.26. The van der Waals surface area contributed by atoms with Crippen molar-refractivity contribution in [3.8, 4) is 0 Å². The Labute approximate surface area is 185 Å². The molecule has 2 fully saturated rings. The molecule has 0 heterocycles. The smallest absolute Gasteiger partial charge is 0.274 e. The number of benzene rings is 2. The minimum atomic E-state index is -0.393. The van der Waals surface area contributed by atoms with Gasteiger partial charge in [0.25, 0.3) is 0 Å². The van der Waals surface area contributed by atoms with Crippen molar-refractivity contribution < 1.29 is 19.9 Å². The molecular weight excluding hydrogens is 386 g/mol. The lowest BCUT2D eigenvalue weighted by molar-refractivity contribution is -0.898. The Balaban J connectivity index is 1.36. The second-order valence-electron chi connectivity index (χ2n) is 9.76. The third kappa shape index (κ3) is 4.90. The van der Waals surface area contributed by atoms with Crippen molar-refractivity contribution >= 4 is 11.8 Å². The van der Waals surface area contributed by atoms with Crippen LogP contribution >= 0.6 is 0 Å². The number of ketones is 1. The Morgan fingerprint density at radius 1 is 1.00 bits per heavy atom. The van der Waals surface area contributed by atoms with Crippen LogP contribution in [-0.2, 0) is 4.84 Å². The van der Waals surface area contributed by atoms with Gasteiger partial charge in [-0.25, -0.2) is 4.79 Å². The van der Waals surface area contributed by atoms with Crippen molar-refractivity contribution in [2.75, 3.05) is 0 Å². The summed E-state index contributed by atoms with van der Waals surface area (Å²) < 4.78 is 0. The number of hydroxylamine groups is 1. The molecule has 2 aromatic carbocycles. The molecule has 0 aliphatic heterocycles. The van der Waals surface area contributed by atoms with Gasteiger partial charge in [0.2, 0.25) is 4.79 Å². The van der Waals surface area contributed by atoms with E-state index in [2.05, 4.69) is 6.92 Å². The summed E-state index contributed by atoms with van der Waals surface area (Å²) in [6.45, 7) is 4.13. The van der Waals surface area contributed by atoms with Gasteiger partial charge in [-0.3, -0.25) is 4.84 Å². The van der Waals surface area contributed by atoms with E-state index in [0.29, 0.717) is 17.0 Å². The first-order valence-electron chi connectivity index (χ1n) is 11.7. The fourth-order valence-corrected chi connectivity index (χ4v) is 5.50. The van der Waals surface area contributed by atoms with Crippen molar-refractivity contribution in [2.45, 2.75) is 64.8 Å². The van der Waals surface area contributed by atoms with Crippen LogP contribution in [0.15, 0.2) is 54.6 Å². The third-order valence-electron chi connectivity index (χ3n) is 7.48. The van der Waals surface area contributed by atoms with Gasteiger partial charge in [-0.15, -0.1) is 5.48 Å². The quantitative estimate of drug-likeness (QED) is 0.394. The summed E-state index contributed by atoms with van der Waals surface area (Å²) in [6.07, 6.45) is 8.43. The maximum Gasteiger partial charge on any atom is 0.480 e. The standard InChI is InChI=1S/C27H33NO3/c1-19(20-8-4-3-5-9-20)28-31-26(30)23-14-12-22(13-15-23)25(29)27(2)17-16-21-10-6-7-11-24(21)18-27/h3-5,8-9,12-15,19,21,24,28H,6-7,10-11,16-18H2,1-2H3/q+1/p+1/t19?,21-,24-,27+/m0/s1. The summed E-state index contributed by atoms with van der Waals surface area (Å²) in [4.78, 5) is 31.2. The van der Waals surface area contributed by atoms with Gasteiger partial charge in [0.1, 0.15) is 6.04 Å². The summed E-state index contributed by atoms with van der Waals surface area (Å²) >= 11 is 0. The molecule has 0 bridgehead atoms. The molecule has 2 saturated carbocycles. The van der Waals surface area contributed by atoms with Gasteiger partial charge in [-0.2, -0.15) is 0 Å². The van der Waals surface area contributed by atoms with E-state index in [1.165, 1.54) is 32.1 Å². The molecule has 4 nitrogen and oxygen atoms in total. The van der Waals surface area contributed by atoms with Gasteiger partial charge in [0, 0.05) is 5.56 Å². The van der Waals surface area contributed by atoms with Crippen LogP contribution < -0.4 is 5.48 Å². The second kappa shape index (κ2) is 9.35. The molecule has 2 aromatic rings. The van der Waals surface area contributed by atoms with Gasteiger partial charge in [-0.05, 0) is 69.2 Å². The lowest BCUT2D eigenvalue weighted by atomic mass is 9.60. The molecule has 31 heavy (non-hydrogen) atoms. The van der Waals surface area contributed by atoms with Gasteiger partial charge in [0.15, 0.2) is 0 Å². The van der Waals surface area contributed by atoms with Crippen LogP contribution in [0, 0.1) is 17.3 Å². The number of nitrogens with two attached hydrogens (primary N) is 1. The normalized spacial score (nSPS) is 26.5. The molecule has 1 unspecified atom stereocenters. The van der Waals surface area contributed by atoms with Crippen LogP contribution in [0.1, 0.15) is 91.1 Å². The first kappa shape index (κ1) is 21.8. The zero-order valence-electron chi connectivity index (χ0n) is 18.7. The van der Waals surface area contributed by atoms with E-state index in [0.717, 1.165) is 24.3 Å². The van der Waals surface area contributed by atoms with Crippen LogP contribution in [-0.4, -0.2) is 11.8 Å². The summed E-state index contributed by atoms with van der Waals surface area (Å²) in [5.74, 6) is 1.35. The van der Waals surface area contributed by atoms with E-state index in [9.17, 15) is 9.59 Å². The maximum atomic E-state index is 13.3. The molecule has 4 atom stereocenters. The molecule has 0 amide bonds. The van der Waals surface area contributed by atoms with Crippen molar-refractivity contribution in [3.05, 3.63) is 71.3 Å². The third-order valence-corrected chi connectivity index (χ3v) is 7.48. The molecule has 2 aliphatic carbocycles. The predicted molar refractivity (Wildman–Crippen MR) is 120 cm³/mol. The summed E-state index contributed by atoms with van der Waals surface area (Å²) in [6, 6.07) is 16.9. The van der Waals surface area contributed by atoms with E-state index < -0.39 is 5.97 Å². The maximum absolute atomic E-state index is 13.3. The first-order chi connectivity index (χ1) is 15.0. The van der Waals surface area contributed by atoms with Crippen LogP contribution in [0.3, 0.4) is 0 Å². The Hall–Kier alpha value is -2.46. The first-order valence-corrected chi connectivity index (χ1v) is 11.7. The van der Waals surface area contributed by atoms with Crippen LogP contribution in [0.25, 0.3) is 0 Å². The molecule has 0 saturated heterocycles. The van der Waals surface area contributed by atoms with Crippen LogP contribution in [0.2, 0.25) is 0 Å². The minimum absolute atomic E-state index is 0.0147. The lowest BCUT2D eigenvalue weighted by Crippen LogP contribution is -2.84. The zero-order valence-corrected chi connectivity index (χ0v) is 18.7. The number of carbonyl (C=O) groups excluding carboxylic acids is 2. The van der Waals surface area contributed by atoms with E-state index in [1.54, 1.807) is 29.7 Å². The number of fused-ring (bicyclic) bond motifs is 1. The molecule has 4 heteroatoms. The summed E-state index contributed by atoms with van der Waals surface area (Å²) in [5, 5.41) is 0. The Kier molecular flexibility index (Phi) is 6.57. The largest absolute Gasteiger partial charge is 0.480 e. The Morgan fingerprint density at radius 2 is 1.65 bits per heavy atom. The number of Topliss-reactive ketones (excluding diaryl/α,β-unsaturated/α-hetero) is 1. The molecule has 0 aromatic heterocycles. The fraction of sp³-hybridized carbons (Fsp3) is 0.481. The van der Waals surface area contributed by atoms with Gasteiger partial charge in [-0.1, -0.05) is 56.0 Å². The molecule has 2 N–H and O–H groups in total. The second-order valence-corrected chi connectivity index (χ2v) is 9.76. The Bertz CT molecular complexity index is 908. The molecule has 2 aliphatic rings. The SMILES string of the molecule is CC([NH2+]OC(=O)c1ccc(C(=[O+])[C@]2(C)CC[C@@H]3CCCC[C@H]3C2)cc1)c1ccccc1. The van der Waals surface area contributed by atoms with Crippen molar-refractivity contribution in [1.82, 2.24) is 0 Å². The molecule has 0 spiro atoms. The number of quaternary nitrogens is 1. The van der Waals surface area contributed by atoms with E-state index in [-0.39, 0.29) is 17.2 Å². The topological polar surface area (TPSA) is 62.8 Å². The highest BCUT2D eigenvalue weighted by Gasteiger charge is 2.50. The molecule has 163 valence electrons. The average Bonchev–Trinajstić information content (AvgIpc) is 2.82. The highest BCUT2D eigenvalue weighted by molar-refractivity contribution is 6.01. The lowest BCUT2D eigenvalue weighted by Gasteiger charge is -2.41. The monoisotopic (exact) mass is 420 g/mol. The van der Waals surface area contributed by atoms with Crippen LogP contribution in [0.4, 0.5) is 0 Å². The van der Waals surface area contributed by atoms with Crippen LogP contribution in [0.5, 0.6) is 0 Å². The molecule has 4 rings (SSSR count). The Morgan fingerprint density at radius 3 is 2.35 bits per heavy atom.